The molecule has 0 saturated heterocycles. The maximum absolute atomic E-state index is 6.21. The second-order valence-electron chi connectivity index (χ2n) is 6.58. The Morgan fingerprint density at radius 2 is 1.77 bits per heavy atom. The number of aryl methyl sites for hydroxylation is 1. The van der Waals surface area contributed by atoms with E-state index in [1.807, 2.05) is 13.0 Å². The van der Waals surface area contributed by atoms with Crippen molar-refractivity contribution in [2.75, 3.05) is 20.3 Å². The monoisotopic (exact) mass is 349 g/mol. The van der Waals surface area contributed by atoms with Gasteiger partial charge >= 0.3 is 0 Å². The van der Waals surface area contributed by atoms with Crippen molar-refractivity contribution in [3.05, 3.63) is 71.3 Å². The number of nitrogens with two attached hydrogens (primary N) is 1. The van der Waals surface area contributed by atoms with Crippen molar-refractivity contribution in [2.24, 2.45) is 5.73 Å². The summed E-state index contributed by atoms with van der Waals surface area (Å²) in [5.74, 6) is 2.00. The summed E-state index contributed by atoms with van der Waals surface area (Å²) in [6, 6.07) is 18.9. The Kier molecular flexibility index (Phi) is 5.79. The van der Waals surface area contributed by atoms with E-state index in [1.165, 1.54) is 27.5 Å². The minimum Gasteiger partial charge on any atom is -0.496 e. The molecule has 0 fully saturated rings. The molecule has 1 unspecified atom stereocenters. The van der Waals surface area contributed by atoms with Crippen LogP contribution in [0.3, 0.4) is 0 Å². The maximum atomic E-state index is 6.21. The summed E-state index contributed by atoms with van der Waals surface area (Å²) in [5.41, 5.74) is 9.79. The molecule has 0 aliphatic rings. The fourth-order valence-corrected chi connectivity index (χ4v) is 3.56. The first-order valence-electron chi connectivity index (χ1n) is 9.16. The predicted octanol–water partition coefficient (Wildman–Crippen LogP) is 4.84. The number of ether oxygens (including phenoxy) is 2. The zero-order chi connectivity index (χ0) is 18.5. The summed E-state index contributed by atoms with van der Waals surface area (Å²) < 4.78 is 11.5. The van der Waals surface area contributed by atoms with Crippen LogP contribution in [0, 0.1) is 6.92 Å². The van der Waals surface area contributed by atoms with E-state index in [0.29, 0.717) is 13.2 Å². The average molecular weight is 349 g/mol. The largest absolute Gasteiger partial charge is 0.496 e. The van der Waals surface area contributed by atoms with Crippen LogP contribution < -0.4 is 15.2 Å². The normalized spacial score (nSPS) is 12.2. The van der Waals surface area contributed by atoms with Gasteiger partial charge in [0.1, 0.15) is 11.5 Å². The van der Waals surface area contributed by atoms with E-state index >= 15 is 0 Å². The molecular formula is C23H27NO2. The van der Waals surface area contributed by atoms with Gasteiger partial charge in [0.25, 0.3) is 0 Å². The number of fused-ring (bicyclic) bond motifs is 1. The minimum absolute atomic E-state index is 0.163. The van der Waals surface area contributed by atoms with Crippen molar-refractivity contribution in [3.8, 4) is 11.5 Å². The summed E-state index contributed by atoms with van der Waals surface area (Å²) in [4.78, 5) is 0. The molecule has 0 radical (unpaired) electrons. The van der Waals surface area contributed by atoms with Gasteiger partial charge in [-0.2, -0.15) is 0 Å². The van der Waals surface area contributed by atoms with Crippen molar-refractivity contribution in [1.29, 1.82) is 0 Å². The molecule has 3 aromatic carbocycles. The first-order valence-corrected chi connectivity index (χ1v) is 9.16. The molecule has 3 heteroatoms. The Balaban J connectivity index is 2.07. The van der Waals surface area contributed by atoms with Gasteiger partial charge in [-0.1, -0.05) is 48.0 Å². The van der Waals surface area contributed by atoms with Gasteiger partial charge in [0.05, 0.1) is 13.7 Å². The quantitative estimate of drug-likeness (QED) is 0.664. The van der Waals surface area contributed by atoms with Crippen molar-refractivity contribution >= 4 is 10.8 Å². The van der Waals surface area contributed by atoms with Crippen LogP contribution in [0.4, 0.5) is 0 Å². The fraction of sp³-hybridized carbons (Fsp3) is 0.304. The molecule has 0 aromatic heterocycles. The smallest absolute Gasteiger partial charge is 0.122 e. The maximum Gasteiger partial charge on any atom is 0.122 e. The first kappa shape index (κ1) is 18.3. The molecule has 0 amide bonds. The van der Waals surface area contributed by atoms with Gasteiger partial charge in [0, 0.05) is 11.5 Å². The third-order valence-corrected chi connectivity index (χ3v) is 4.86. The van der Waals surface area contributed by atoms with Gasteiger partial charge < -0.3 is 15.2 Å². The molecule has 3 nitrogen and oxygen atoms in total. The highest BCUT2D eigenvalue weighted by atomic mass is 16.5. The molecule has 136 valence electrons. The van der Waals surface area contributed by atoms with Crippen molar-refractivity contribution < 1.29 is 9.47 Å². The van der Waals surface area contributed by atoms with Crippen LogP contribution in [-0.4, -0.2) is 20.3 Å². The molecule has 3 aromatic rings. The highest BCUT2D eigenvalue weighted by Crippen LogP contribution is 2.35. The number of methoxy groups -OCH3 is 1. The van der Waals surface area contributed by atoms with Gasteiger partial charge in [-0.3, -0.25) is 0 Å². The summed E-state index contributed by atoms with van der Waals surface area (Å²) in [6.45, 7) is 5.31. The highest BCUT2D eigenvalue weighted by Gasteiger charge is 2.19. The number of benzene rings is 3. The SMILES string of the molecule is CCOc1ccc(C)cc1C(CN)Cc1c(OC)ccc2ccccc12. The summed E-state index contributed by atoms with van der Waals surface area (Å²) in [5, 5.41) is 2.43. The van der Waals surface area contributed by atoms with Crippen LogP contribution in [0.2, 0.25) is 0 Å². The summed E-state index contributed by atoms with van der Waals surface area (Å²) in [6.07, 6.45) is 0.810. The molecule has 0 heterocycles. The van der Waals surface area contributed by atoms with Crippen molar-refractivity contribution in [2.45, 2.75) is 26.2 Å². The second kappa shape index (κ2) is 8.24. The van der Waals surface area contributed by atoms with E-state index in [2.05, 4.69) is 55.5 Å². The molecular weight excluding hydrogens is 322 g/mol. The number of hydrogen-bond acceptors (Lipinski definition) is 3. The molecule has 3 rings (SSSR count). The van der Waals surface area contributed by atoms with E-state index < -0.39 is 0 Å². The molecule has 0 bridgehead atoms. The fourth-order valence-electron chi connectivity index (χ4n) is 3.56. The number of hydrogen-bond donors (Lipinski definition) is 1. The molecule has 2 N–H and O–H groups in total. The van der Waals surface area contributed by atoms with Crippen LogP contribution in [0.1, 0.15) is 29.5 Å². The van der Waals surface area contributed by atoms with Gasteiger partial charge in [0.15, 0.2) is 0 Å². The Hall–Kier alpha value is -2.52. The highest BCUT2D eigenvalue weighted by molar-refractivity contribution is 5.87. The lowest BCUT2D eigenvalue weighted by Gasteiger charge is -2.22. The summed E-state index contributed by atoms with van der Waals surface area (Å²) in [7, 11) is 1.73. The molecule has 0 aliphatic heterocycles. The van der Waals surface area contributed by atoms with Crippen LogP contribution in [0.15, 0.2) is 54.6 Å². The molecule has 0 saturated carbocycles. The van der Waals surface area contributed by atoms with E-state index in [9.17, 15) is 0 Å². The Morgan fingerprint density at radius 1 is 1.00 bits per heavy atom. The Labute approximate surface area is 155 Å². The van der Waals surface area contributed by atoms with Gasteiger partial charge in [-0.25, -0.2) is 0 Å². The Morgan fingerprint density at radius 3 is 2.50 bits per heavy atom. The molecule has 0 aliphatic carbocycles. The summed E-state index contributed by atoms with van der Waals surface area (Å²) >= 11 is 0. The van der Waals surface area contributed by atoms with E-state index in [1.54, 1.807) is 7.11 Å². The van der Waals surface area contributed by atoms with E-state index in [-0.39, 0.29) is 5.92 Å². The lowest BCUT2D eigenvalue weighted by molar-refractivity contribution is 0.333. The lowest BCUT2D eigenvalue weighted by Crippen LogP contribution is -2.17. The van der Waals surface area contributed by atoms with E-state index in [4.69, 9.17) is 15.2 Å². The van der Waals surface area contributed by atoms with Crippen LogP contribution in [0.5, 0.6) is 11.5 Å². The zero-order valence-electron chi connectivity index (χ0n) is 15.8. The Bertz CT molecular complexity index is 889. The second-order valence-corrected chi connectivity index (χ2v) is 6.58. The average Bonchev–Trinajstić information content (AvgIpc) is 2.67. The molecule has 0 spiro atoms. The lowest BCUT2D eigenvalue weighted by atomic mass is 9.88. The minimum atomic E-state index is 0.163. The first-order chi connectivity index (χ1) is 12.7. The van der Waals surface area contributed by atoms with Crippen molar-refractivity contribution in [3.63, 3.8) is 0 Å². The van der Waals surface area contributed by atoms with Crippen LogP contribution >= 0.6 is 0 Å². The topological polar surface area (TPSA) is 44.5 Å². The van der Waals surface area contributed by atoms with Gasteiger partial charge in [-0.05, 0) is 55.3 Å². The van der Waals surface area contributed by atoms with Gasteiger partial charge in [0.2, 0.25) is 0 Å². The van der Waals surface area contributed by atoms with E-state index in [0.717, 1.165) is 17.9 Å². The van der Waals surface area contributed by atoms with Crippen LogP contribution in [-0.2, 0) is 6.42 Å². The number of rotatable bonds is 7. The van der Waals surface area contributed by atoms with Gasteiger partial charge in [-0.15, -0.1) is 0 Å². The third-order valence-electron chi connectivity index (χ3n) is 4.86. The molecule has 26 heavy (non-hydrogen) atoms. The van der Waals surface area contributed by atoms with Crippen LogP contribution in [0.25, 0.3) is 10.8 Å². The predicted molar refractivity (Wildman–Crippen MR) is 108 cm³/mol. The zero-order valence-corrected chi connectivity index (χ0v) is 15.8. The molecule has 1 atom stereocenters. The van der Waals surface area contributed by atoms with Crippen molar-refractivity contribution in [1.82, 2.24) is 0 Å². The standard InChI is InChI=1S/C23H27NO2/c1-4-26-23-11-9-16(2)13-20(23)18(15-24)14-21-19-8-6-5-7-17(19)10-12-22(21)25-3/h5-13,18H,4,14-15,24H2,1-3H3. The third kappa shape index (κ3) is 3.68.